The Kier molecular flexibility index (Phi) is 6.12. The van der Waals surface area contributed by atoms with Crippen LogP contribution in [0, 0.1) is 5.92 Å². The van der Waals surface area contributed by atoms with Crippen LogP contribution in [0.25, 0.3) is 0 Å². The fourth-order valence-corrected chi connectivity index (χ4v) is 1.91. The Morgan fingerprint density at radius 1 is 1.47 bits per heavy atom. The van der Waals surface area contributed by atoms with E-state index in [9.17, 15) is 4.79 Å². The summed E-state index contributed by atoms with van der Waals surface area (Å²) in [6.07, 6.45) is 4.65. The lowest BCUT2D eigenvalue weighted by molar-refractivity contribution is 0.0690. The normalized spacial score (nSPS) is 12.1. The largest absolute Gasteiger partial charge is 0.477 e. The summed E-state index contributed by atoms with van der Waals surface area (Å²) in [6.45, 7) is 5.11. The van der Waals surface area contributed by atoms with Crippen molar-refractivity contribution in [3.63, 3.8) is 0 Å². The molecule has 0 fully saturated rings. The summed E-state index contributed by atoms with van der Waals surface area (Å²) >= 11 is 0. The van der Waals surface area contributed by atoms with Crippen LogP contribution in [-0.2, 0) is 0 Å². The zero-order valence-corrected chi connectivity index (χ0v) is 11.6. The molecule has 0 spiro atoms. The number of carboxylic acids is 1. The molecule has 106 valence electrons. The van der Waals surface area contributed by atoms with Gasteiger partial charge >= 0.3 is 5.97 Å². The minimum atomic E-state index is -1.04. The number of pyridine rings is 1. The first-order valence-electron chi connectivity index (χ1n) is 6.82. The standard InChI is InChI=1S/C14H23N3O2/c1-3-5-6-10(4-2)9-16-13-11(15)7-8-12(17-13)14(18)19/h7-8,10H,3-6,9,15H2,1-2H3,(H,16,17)(H,18,19). The third-order valence-corrected chi connectivity index (χ3v) is 3.25. The molecule has 1 heterocycles. The van der Waals surface area contributed by atoms with Crippen LogP contribution in [0.3, 0.4) is 0 Å². The number of hydrogen-bond acceptors (Lipinski definition) is 4. The van der Waals surface area contributed by atoms with Crippen molar-refractivity contribution >= 4 is 17.5 Å². The third kappa shape index (κ3) is 4.77. The Labute approximate surface area is 114 Å². The number of hydrogen-bond donors (Lipinski definition) is 3. The lowest BCUT2D eigenvalue weighted by Crippen LogP contribution is -2.16. The lowest BCUT2D eigenvalue weighted by Gasteiger charge is -2.16. The van der Waals surface area contributed by atoms with Crippen LogP contribution >= 0.6 is 0 Å². The van der Waals surface area contributed by atoms with Crippen LogP contribution in [0.4, 0.5) is 11.5 Å². The fraction of sp³-hybridized carbons (Fsp3) is 0.571. The van der Waals surface area contributed by atoms with Gasteiger partial charge in [-0.15, -0.1) is 0 Å². The molecule has 0 aliphatic rings. The molecular formula is C14H23N3O2. The number of nitrogens with two attached hydrogens (primary N) is 1. The van der Waals surface area contributed by atoms with Crippen LogP contribution in [0.1, 0.15) is 50.0 Å². The highest BCUT2D eigenvalue weighted by Crippen LogP contribution is 2.18. The smallest absolute Gasteiger partial charge is 0.354 e. The lowest BCUT2D eigenvalue weighted by atomic mass is 9.99. The maximum Gasteiger partial charge on any atom is 0.354 e. The van der Waals surface area contributed by atoms with E-state index in [1.807, 2.05) is 0 Å². The van der Waals surface area contributed by atoms with Crippen LogP contribution in [0.15, 0.2) is 12.1 Å². The monoisotopic (exact) mass is 265 g/mol. The second-order valence-corrected chi connectivity index (χ2v) is 4.74. The Bertz CT molecular complexity index is 421. The number of aromatic carboxylic acids is 1. The number of aromatic nitrogens is 1. The van der Waals surface area contributed by atoms with Crippen molar-refractivity contribution < 1.29 is 9.90 Å². The quantitative estimate of drug-likeness (QED) is 0.672. The number of nitrogens with one attached hydrogen (secondary N) is 1. The molecule has 0 saturated heterocycles. The number of rotatable bonds is 8. The molecule has 4 N–H and O–H groups in total. The summed E-state index contributed by atoms with van der Waals surface area (Å²) in [5.41, 5.74) is 6.29. The van der Waals surface area contributed by atoms with Crippen LogP contribution in [-0.4, -0.2) is 22.6 Å². The molecule has 0 amide bonds. The number of carbonyl (C=O) groups is 1. The van der Waals surface area contributed by atoms with Crippen molar-refractivity contribution in [2.75, 3.05) is 17.6 Å². The fourth-order valence-electron chi connectivity index (χ4n) is 1.91. The van der Waals surface area contributed by atoms with Gasteiger partial charge in [-0.2, -0.15) is 0 Å². The molecule has 0 aliphatic carbocycles. The molecule has 1 unspecified atom stereocenters. The Morgan fingerprint density at radius 3 is 2.79 bits per heavy atom. The Morgan fingerprint density at radius 2 is 2.21 bits per heavy atom. The minimum absolute atomic E-state index is 0.0123. The van der Waals surface area contributed by atoms with E-state index in [2.05, 4.69) is 24.1 Å². The maximum absolute atomic E-state index is 10.9. The van der Waals surface area contributed by atoms with E-state index in [1.54, 1.807) is 6.07 Å². The maximum atomic E-state index is 10.9. The van der Waals surface area contributed by atoms with Gasteiger partial charge in [0.05, 0.1) is 5.69 Å². The van der Waals surface area contributed by atoms with E-state index in [4.69, 9.17) is 10.8 Å². The molecule has 5 nitrogen and oxygen atoms in total. The first-order valence-corrected chi connectivity index (χ1v) is 6.82. The van der Waals surface area contributed by atoms with Gasteiger partial charge in [-0.3, -0.25) is 0 Å². The number of nitrogen functional groups attached to an aromatic ring is 1. The van der Waals surface area contributed by atoms with Gasteiger partial charge in [0, 0.05) is 6.54 Å². The summed E-state index contributed by atoms with van der Waals surface area (Å²) in [7, 11) is 0. The summed E-state index contributed by atoms with van der Waals surface area (Å²) in [4.78, 5) is 14.9. The molecule has 19 heavy (non-hydrogen) atoms. The molecule has 0 aromatic carbocycles. The van der Waals surface area contributed by atoms with Crippen LogP contribution in [0.2, 0.25) is 0 Å². The summed E-state index contributed by atoms with van der Waals surface area (Å²) in [5.74, 6) is -0.00874. The average Bonchev–Trinajstić information content (AvgIpc) is 2.40. The molecule has 1 atom stereocenters. The van der Waals surface area contributed by atoms with Gasteiger partial charge in [0.25, 0.3) is 0 Å². The highest BCUT2D eigenvalue weighted by atomic mass is 16.4. The van der Waals surface area contributed by atoms with E-state index < -0.39 is 5.97 Å². The summed E-state index contributed by atoms with van der Waals surface area (Å²) < 4.78 is 0. The molecule has 1 rings (SSSR count). The van der Waals surface area contributed by atoms with Gasteiger partial charge in [0.1, 0.15) is 5.82 Å². The van der Waals surface area contributed by atoms with Crippen molar-refractivity contribution in [2.45, 2.75) is 39.5 Å². The predicted molar refractivity (Wildman–Crippen MR) is 77.4 cm³/mol. The van der Waals surface area contributed by atoms with E-state index in [1.165, 1.54) is 25.3 Å². The highest BCUT2D eigenvalue weighted by molar-refractivity contribution is 5.86. The summed E-state index contributed by atoms with van der Waals surface area (Å²) in [5, 5.41) is 12.1. The molecule has 5 heteroatoms. The Balaban J connectivity index is 2.65. The molecule has 0 saturated carbocycles. The van der Waals surface area contributed by atoms with Crippen LogP contribution in [0.5, 0.6) is 0 Å². The molecular weight excluding hydrogens is 242 g/mol. The van der Waals surface area contributed by atoms with Gasteiger partial charge in [-0.1, -0.05) is 33.1 Å². The highest BCUT2D eigenvalue weighted by Gasteiger charge is 2.10. The van der Waals surface area contributed by atoms with Crippen LogP contribution < -0.4 is 11.1 Å². The molecule has 0 bridgehead atoms. The van der Waals surface area contributed by atoms with E-state index in [-0.39, 0.29) is 5.69 Å². The van der Waals surface area contributed by atoms with Gasteiger partial charge in [0.15, 0.2) is 5.69 Å². The third-order valence-electron chi connectivity index (χ3n) is 3.25. The number of carboxylic acid groups (broad SMARTS) is 1. The number of anilines is 2. The SMILES string of the molecule is CCCCC(CC)CNc1nc(C(=O)O)ccc1N. The zero-order chi connectivity index (χ0) is 14.3. The molecule has 1 aromatic rings. The summed E-state index contributed by atoms with van der Waals surface area (Å²) in [6, 6.07) is 2.99. The number of unbranched alkanes of at least 4 members (excludes halogenated alkanes) is 1. The van der Waals surface area contributed by atoms with Gasteiger partial charge in [-0.05, 0) is 24.5 Å². The van der Waals surface area contributed by atoms with Crippen molar-refractivity contribution in [1.82, 2.24) is 4.98 Å². The van der Waals surface area contributed by atoms with Crippen molar-refractivity contribution in [3.05, 3.63) is 17.8 Å². The predicted octanol–water partition coefficient (Wildman–Crippen LogP) is 2.99. The molecule has 1 aromatic heterocycles. The van der Waals surface area contributed by atoms with E-state index in [0.29, 0.717) is 17.4 Å². The van der Waals surface area contributed by atoms with Gasteiger partial charge in [0.2, 0.25) is 0 Å². The second-order valence-electron chi connectivity index (χ2n) is 4.74. The average molecular weight is 265 g/mol. The number of nitrogens with zero attached hydrogens (tertiary/aromatic N) is 1. The first-order chi connectivity index (χ1) is 9.08. The van der Waals surface area contributed by atoms with E-state index in [0.717, 1.165) is 13.0 Å². The first kappa shape index (κ1) is 15.3. The topological polar surface area (TPSA) is 88.2 Å². The molecule has 0 radical (unpaired) electrons. The van der Waals surface area contributed by atoms with Crippen molar-refractivity contribution in [1.29, 1.82) is 0 Å². The zero-order valence-electron chi connectivity index (χ0n) is 11.6. The van der Waals surface area contributed by atoms with Gasteiger partial charge in [-0.25, -0.2) is 9.78 Å². The Hall–Kier alpha value is -1.78. The minimum Gasteiger partial charge on any atom is -0.477 e. The molecule has 0 aliphatic heterocycles. The van der Waals surface area contributed by atoms with Crippen molar-refractivity contribution in [3.8, 4) is 0 Å². The van der Waals surface area contributed by atoms with E-state index >= 15 is 0 Å². The van der Waals surface area contributed by atoms with Crippen molar-refractivity contribution in [2.24, 2.45) is 5.92 Å². The second kappa shape index (κ2) is 7.61. The van der Waals surface area contributed by atoms with Gasteiger partial charge < -0.3 is 16.2 Å².